The molecule has 0 atom stereocenters. The van der Waals surface area contributed by atoms with Crippen LogP contribution in [0.25, 0.3) is 0 Å². The molecule has 1 fully saturated rings. The minimum atomic E-state index is -0.364. The van der Waals surface area contributed by atoms with E-state index in [1.807, 2.05) is 19.1 Å². The third-order valence-electron chi connectivity index (χ3n) is 3.41. The summed E-state index contributed by atoms with van der Waals surface area (Å²) in [6.07, 6.45) is -0.364. The van der Waals surface area contributed by atoms with E-state index in [0.717, 1.165) is 18.7 Å². The quantitative estimate of drug-likeness (QED) is 0.794. The van der Waals surface area contributed by atoms with Gasteiger partial charge in [-0.2, -0.15) is 0 Å². The van der Waals surface area contributed by atoms with Crippen molar-refractivity contribution in [3.63, 3.8) is 0 Å². The van der Waals surface area contributed by atoms with Crippen molar-refractivity contribution in [3.05, 3.63) is 29.3 Å². The molecule has 122 valence electrons. The minimum absolute atomic E-state index is 0.364. The molecule has 1 heterocycles. The lowest BCUT2D eigenvalue weighted by atomic mass is 10.0. The zero-order valence-corrected chi connectivity index (χ0v) is 14.5. The molecular formula is C16H24N2O3S. The predicted octanol–water partition coefficient (Wildman–Crippen LogP) is 3.44. The first-order valence-corrected chi connectivity index (χ1v) is 8.26. The van der Waals surface area contributed by atoms with Crippen molar-refractivity contribution in [1.82, 2.24) is 8.61 Å². The Morgan fingerprint density at radius 1 is 1.32 bits per heavy atom. The molecule has 1 aliphatic rings. The fourth-order valence-corrected chi connectivity index (χ4v) is 2.93. The lowest BCUT2D eigenvalue weighted by Gasteiger charge is -2.28. The summed E-state index contributed by atoms with van der Waals surface area (Å²) in [7, 11) is 1.72. The predicted molar refractivity (Wildman–Crippen MR) is 89.0 cm³/mol. The molecule has 6 heteroatoms. The monoisotopic (exact) mass is 324 g/mol. The third kappa shape index (κ3) is 4.90. The summed E-state index contributed by atoms with van der Waals surface area (Å²) in [5.74, 6) is 1.00. The molecule has 0 bridgehead atoms. The van der Waals surface area contributed by atoms with Crippen LogP contribution >= 0.6 is 12.1 Å². The Hall–Kier alpha value is -1.24. The highest BCUT2D eigenvalue weighted by Gasteiger charge is 2.19. The van der Waals surface area contributed by atoms with Crippen LogP contribution in [0.1, 0.15) is 30.9 Å². The second-order valence-corrected chi connectivity index (χ2v) is 6.95. The van der Waals surface area contributed by atoms with Gasteiger partial charge in [-0.25, -0.2) is 13.4 Å². The number of benzene rings is 1. The fourth-order valence-electron chi connectivity index (χ4n) is 2.17. The van der Waals surface area contributed by atoms with Gasteiger partial charge in [0.1, 0.15) is 5.75 Å². The Labute approximate surface area is 136 Å². The molecule has 0 radical (unpaired) electrons. The lowest BCUT2D eigenvalue weighted by molar-refractivity contribution is 0.0759. The van der Waals surface area contributed by atoms with E-state index >= 15 is 0 Å². The highest BCUT2D eigenvalue weighted by atomic mass is 32.2. The number of carbonyl (C=O) groups excluding carboxylic acids is 1. The van der Waals surface area contributed by atoms with Gasteiger partial charge in [0, 0.05) is 32.3 Å². The van der Waals surface area contributed by atoms with Gasteiger partial charge in [0.2, 0.25) is 0 Å². The minimum Gasteiger partial charge on any atom is -0.410 e. The topological polar surface area (TPSA) is 42.0 Å². The first-order chi connectivity index (χ1) is 10.5. The zero-order valence-electron chi connectivity index (χ0n) is 13.7. The van der Waals surface area contributed by atoms with Crippen molar-refractivity contribution in [2.75, 3.05) is 33.4 Å². The van der Waals surface area contributed by atoms with Gasteiger partial charge in [-0.15, -0.1) is 0 Å². The average Bonchev–Trinajstić information content (AvgIpc) is 2.47. The van der Waals surface area contributed by atoms with Gasteiger partial charge in [0.25, 0.3) is 0 Å². The molecule has 22 heavy (non-hydrogen) atoms. The smallest absolute Gasteiger partial charge is 0.410 e. The van der Waals surface area contributed by atoms with E-state index in [4.69, 9.17) is 9.47 Å². The molecule has 0 saturated carbocycles. The largest absolute Gasteiger partial charge is 0.426 e. The molecule has 1 saturated heterocycles. The molecule has 1 aliphatic heterocycles. The maximum Gasteiger partial charge on any atom is 0.426 e. The summed E-state index contributed by atoms with van der Waals surface area (Å²) >= 11 is 1.37. The first kappa shape index (κ1) is 17.1. The molecule has 0 aliphatic carbocycles. The van der Waals surface area contributed by atoms with Crippen LogP contribution in [0.3, 0.4) is 0 Å². The number of rotatable bonds is 4. The molecule has 5 nitrogen and oxygen atoms in total. The van der Waals surface area contributed by atoms with Crippen molar-refractivity contribution in [3.8, 4) is 5.75 Å². The number of amides is 1. The summed E-state index contributed by atoms with van der Waals surface area (Å²) in [4.78, 5) is 12.2. The third-order valence-corrected chi connectivity index (χ3v) is 4.40. The van der Waals surface area contributed by atoms with Crippen LogP contribution < -0.4 is 4.74 Å². The number of aryl methyl sites for hydroxylation is 1. The number of hydrogen-bond donors (Lipinski definition) is 0. The molecule has 0 spiro atoms. The van der Waals surface area contributed by atoms with Crippen LogP contribution in [0, 0.1) is 6.92 Å². The van der Waals surface area contributed by atoms with E-state index in [-0.39, 0.29) is 6.09 Å². The van der Waals surface area contributed by atoms with Crippen LogP contribution in [-0.2, 0) is 4.74 Å². The molecule has 1 amide bonds. The molecular weight excluding hydrogens is 300 g/mol. The number of nitrogens with zero attached hydrogens (tertiary/aromatic N) is 2. The lowest BCUT2D eigenvalue weighted by Crippen LogP contribution is -2.36. The summed E-state index contributed by atoms with van der Waals surface area (Å²) < 4.78 is 14.4. The van der Waals surface area contributed by atoms with Crippen LogP contribution in [0.5, 0.6) is 5.75 Å². The van der Waals surface area contributed by atoms with Crippen molar-refractivity contribution in [2.24, 2.45) is 0 Å². The van der Waals surface area contributed by atoms with Gasteiger partial charge >= 0.3 is 6.09 Å². The summed E-state index contributed by atoms with van der Waals surface area (Å²) in [6, 6.07) is 5.94. The Morgan fingerprint density at radius 3 is 2.64 bits per heavy atom. The van der Waals surface area contributed by atoms with Crippen LogP contribution in [0.4, 0.5) is 4.79 Å². The molecule has 2 rings (SSSR count). The highest BCUT2D eigenvalue weighted by molar-refractivity contribution is 7.95. The Morgan fingerprint density at radius 2 is 2.00 bits per heavy atom. The first-order valence-electron chi connectivity index (χ1n) is 7.53. The number of carbonyl (C=O) groups is 1. The van der Waals surface area contributed by atoms with Gasteiger partial charge in [-0.1, -0.05) is 19.9 Å². The van der Waals surface area contributed by atoms with Crippen LogP contribution in [-0.4, -0.2) is 48.1 Å². The second-order valence-electron chi connectivity index (χ2n) is 5.72. The van der Waals surface area contributed by atoms with E-state index in [2.05, 4.69) is 24.2 Å². The van der Waals surface area contributed by atoms with Crippen LogP contribution in [0.15, 0.2) is 18.2 Å². The van der Waals surface area contributed by atoms with Gasteiger partial charge in [0.05, 0.1) is 13.2 Å². The van der Waals surface area contributed by atoms with Crippen molar-refractivity contribution < 1.29 is 14.3 Å². The van der Waals surface area contributed by atoms with Crippen molar-refractivity contribution >= 4 is 18.2 Å². The normalized spacial score (nSPS) is 15.9. The number of hydrogen-bond acceptors (Lipinski definition) is 5. The molecule has 0 aromatic heterocycles. The number of ether oxygens (including phenoxy) is 2. The van der Waals surface area contributed by atoms with Gasteiger partial charge in [0.15, 0.2) is 0 Å². The van der Waals surface area contributed by atoms with E-state index < -0.39 is 0 Å². The van der Waals surface area contributed by atoms with E-state index in [1.165, 1.54) is 22.0 Å². The fraction of sp³-hybridized carbons (Fsp3) is 0.562. The SMILES string of the molecule is Cc1cc(OC(=O)N(C)SN2CCOCC2)cc(C(C)C)c1. The Balaban J connectivity index is 1.95. The van der Waals surface area contributed by atoms with Gasteiger partial charge < -0.3 is 9.47 Å². The molecule has 0 N–H and O–H groups in total. The van der Waals surface area contributed by atoms with Crippen molar-refractivity contribution in [1.29, 1.82) is 0 Å². The maximum atomic E-state index is 12.2. The molecule has 0 unspecified atom stereocenters. The van der Waals surface area contributed by atoms with Crippen LogP contribution in [0.2, 0.25) is 0 Å². The van der Waals surface area contributed by atoms with Crippen molar-refractivity contribution in [2.45, 2.75) is 26.7 Å². The van der Waals surface area contributed by atoms with E-state index in [1.54, 1.807) is 7.05 Å². The summed E-state index contributed by atoms with van der Waals surface area (Å²) in [5, 5.41) is 0. The molecule has 1 aromatic rings. The Kier molecular flexibility index (Phi) is 6.11. The highest BCUT2D eigenvalue weighted by Crippen LogP contribution is 2.24. The zero-order chi connectivity index (χ0) is 16.1. The van der Waals surface area contributed by atoms with E-state index in [0.29, 0.717) is 24.9 Å². The summed E-state index contributed by atoms with van der Waals surface area (Å²) in [6.45, 7) is 9.28. The molecule has 1 aromatic carbocycles. The van der Waals surface area contributed by atoms with Gasteiger partial charge in [-0.3, -0.25) is 0 Å². The maximum absolute atomic E-state index is 12.2. The van der Waals surface area contributed by atoms with Gasteiger partial charge in [-0.05, 0) is 36.1 Å². The summed E-state index contributed by atoms with van der Waals surface area (Å²) in [5.41, 5.74) is 2.27. The standard InChI is InChI=1S/C16H24N2O3S/c1-12(2)14-9-13(3)10-15(11-14)21-16(19)17(4)22-18-5-7-20-8-6-18/h9-12H,5-8H2,1-4H3. The average molecular weight is 324 g/mol. The van der Waals surface area contributed by atoms with E-state index in [9.17, 15) is 4.79 Å². The second kappa shape index (κ2) is 7.85. The number of morpholine rings is 1. The Bertz CT molecular complexity index is 516.